The molecule has 1 amide bonds. The van der Waals surface area contributed by atoms with Crippen molar-refractivity contribution in [3.8, 4) is 0 Å². The molecular formula is C25H29FN2O6S. The summed E-state index contributed by atoms with van der Waals surface area (Å²) < 4.78 is 31.8. The standard InChI is InChI=1S/C25H29FN2O6S/c1-16(29)20-22(33-15-18-10-6-3-7-11-18)21(32-14-17-8-4-2-5-9-17)19-23(34-20)35-24(27-19)28(13-12-26)25(30)31/h2-11,16,19-23,29H,12-15H2,1H3,(H,30,31)/t16?,19-,20-,21-,22-,23-/m1/s1. The number of halogens is 1. The van der Waals surface area contributed by atoms with Gasteiger partial charge in [-0.1, -0.05) is 72.4 Å². The minimum Gasteiger partial charge on any atom is -0.465 e. The number of ether oxygens (including phenoxy) is 3. The zero-order valence-electron chi connectivity index (χ0n) is 19.3. The quantitative estimate of drug-likeness (QED) is 0.537. The Morgan fingerprint density at radius 1 is 1.09 bits per heavy atom. The molecule has 10 heteroatoms. The van der Waals surface area contributed by atoms with Crippen LogP contribution in [0.2, 0.25) is 0 Å². The zero-order chi connectivity index (χ0) is 24.8. The van der Waals surface area contributed by atoms with E-state index in [2.05, 4.69) is 4.99 Å². The predicted molar refractivity (Wildman–Crippen MR) is 130 cm³/mol. The molecule has 2 aliphatic rings. The monoisotopic (exact) mass is 504 g/mol. The van der Waals surface area contributed by atoms with Crippen LogP contribution >= 0.6 is 11.8 Å². The minimum absolute atomic E-state index is 0.145. The van der Waals surface area contributed by atoms with Crippen LogP contribution in [0.4, 0.5) is 9.18 Å². The van der Waals surface area contributed by atoms with Crippen molar-refractivity contribution in [1.29, 1.82) is 0 Å². The number of hydrogen-bond donors (Lipinski definition) is 2. The summed E-state index contributed by atoms with van der Waals surface area (Å²) >= 11 is 1.09. The lowest BCUT2D eigenvalue weighted by atomic mass is 9.94. The zero-order valence-corrected chi connectivity index (χ0v) is 20.1. The third kappa shape index (κ3) is 6.20. The number of hydrogen-bond acceptors (Lipinski definition) is 7. The largest absolute Gasteiger partial charge is 0.465 e. The van der Waals surface area contributed by atoms with Crippen molar-refractivity contribution in [2.75, 3.05) is 13.2 Å². The number of aliphatic hydroxyl groups is 1. The highest BCUT2D eigenvalue weighted by molar-refractivity contribution is 8.14. The van der Waals surface area contributed by atoms with Gasteiger partial charge in [-0.2, -0.15) is 0 Å². The summed E-state index contributed by atoms with van der Waals surface area (Å²) in [5.41, 5.74) is 1.29. The van der Waals surface area contributed by atoms with Crippen molar-refractivity contribution in [2.45, 2.75) is 56.0 Å². The van der Waals surface area contributed by atoms with E-state index in [4.69, 9.17) is 14.2 Å². The van der Waals surface area contributed by atoms with E-state index in [-0.39, 0.29) is 24.9 Å². The summed E-state index contributed by atoms with van der Waals surface area (Å²) in [6.07, 6.45) is -4.22. The fourth-order valence-electron chi connectivity index (χ4n) is 4.14. The smallest absolute Gasteiger partial charge is 0.413 e. The summed E-state index contributed by atoms with van der Waals surface area (Å²) in [6, 6.07) is 18.6. The van der Waals surface area contributed by atoms with Crippen molar-refractivity contribution in [2.24, 2.45) is 4.99 Å². The van der Waals surface area contributed by atoms with E-state index >= 15 is 0 Å². The molecule has 0 aromatic heterocycles. The van der Waals surface area contributed by atoms with Gasteiger partial charge in [-0.25, -0.2) is 9.18 Å². The number of carbonyl (C=O) groups is 1. The Balaban J connectivity index is 1.62. The van der Waals surface area contributed by atoms with Gasteiger partial charge in [0.25, 0.3) is 0 Å². The Morgan fingerprint density at radius 2 is 1.66 bits per heavy atom. The second-order valence-electron chi connectivity index (χ2n) is 8.38. The molecule has 1 unspecified atom stereocenters. The second kappa shape index (κ2) is 12.0. The van der Waals surface area contributed by atoms with Gasteiger partial charge in [-0.3, -0.25) is 9.89 Å². The lowest BCUT2D eigenvalue weighted by Crippen LogP contribution is -2.59. The fraction of sp³-hybridized carbons (Fsp3) is 0.440. The van der Waals surface area contributed by atoms with Gasteiger partial charge in [-0.05, 0) is 18.1 Å². The molecule has 2 heterocycles. The van der Waals surface area contributed by atoms with Crippen LogP contribution < -0.4 is 0 Å². The molecule has 1 fully saturated rings. The summed E-state index contributed by atoms with van der Waals surface area (Å²) in [5.74, 6) is 0. The Morgan fingerprint density at radius 3 is 2.17 bits per heavy atom. The first-order valence-electron chi connectivity index (χ1n) is 11.4. The number of aliphatic hydroxyl groups excluding tert-OH is 1. The highest BCUT2D eigenvalue weighted by atomic mass is 32.2. The normalized spacial score (nSPS) is 26.6. The molecule has 6 atom stereocenters. The first-order chi connectivity index (χ1) is 17.0. The van der Waals surface area contributed by atoms with Crippen molar-refractivity contribution in [3.63, 3.8) is 0 Å². The molecule has 0 saturated carbocycles. The lowest BCUT2D eigenvalue weighted by Gasteiger charge is -2.43. The van der Waals surface area contributed by atoms with E-state index < -0.39 is 48.7 Å². The molecule has 2 N–H and O–H groups in total. The van der Waals surface area contributed by atoms with Crippen LogP contribution in [0, 0.1) is 0 Å². The highest BCUT2D eigenvalue weighted by Gasteiger charge is 2.53. The number of amidine groups is 1. The van der Waals surface area contributed by atoms with E-state index in [9.17, 15) is 19.4 Å². The minimum atomic E-state index is -1.29. The van der Waals surface area contributed by atoms with Crippen molar-refractivity contribution >= 4 is 23.0 Å². The Bertz CT molecular complexity index is 996. The Hall–Kier alpha value is -2.50. The molecule has 188 valence electrons. The molecule has 35 heavy (non-hydrogen) atoms. The molecule has 4 rings (SSSR count). The third-order valence-electron chi connectivity index (χ3n) is 5.85. The summed E-state index contributed by atoms with van der Waals surface area (Å²) in [7, 11) is 0. The van der Waals surface area contributed by atoms with E-state index in [0.29, 0.717) is 0 Å². The van der Waals surface area contributed by atoms with Crippen LogP contribution in [0.3, 0.4) is 0 Å². The molecule has 2 aliphatic heterocycles. The van der Waals surface area contributed by atoms with Gasteiger partial charge in [0.15, 0.2) is 5.17 Å². The molecule has 0 bridgehead atoms. The number of aliphatic imine (C=N–C) groups is 1. The van der Waals surface area contributed by atoms with E-state index in [0.717, 1.165) is 27.8 Å². The number of benzene rings is 2. The van der Waals surface area contributed by atoms with Crippen LogP contribution in [-0.4, -0.2) is 75.5 Å². The summed E-state index contributed by atoms with van der Waals surface area (Å²) in [6.45, 7) is 0.994. The lowest BCUT2D eigenvalue weighted by molar-refractivity contribution is -0.218. The van der Waals surface area contributed by atoms with Crippen LogP contribution in [0.25, 0.3) is 0 Å². The molecule has 2 aromatic carbocycles. The maximum Gasteiger partial charge on any atom is 0.413 e. The second-order valence-corrected chi connectivity index (χ2v) is 9.44. The number of rotatable bonds is 9. The van der Waals surface area contributed by atoms with Crippen LogP contribution in [0.5, 0.6) is 0 Å². The van der Waals surface area contributed by atoms with Crippen molar-refractivity contribution in [3.05, 3.63) is 71.8 Å². The number of amides is 1. The van der Waals surface area contributed by atoms with Crippen LogP contribution in [-0.2, 0) is 27.4 Å². The molecule has 1 saturated heterocycles. The molecule has 8 nitrogen and oxygen atoms in total. The topological polar surface area (TPSA) is 101 Å². The van der Waals surface area contributed by atoms with E-state index in [1.54, 1.807) is 6.92 Å². The predicted octanol–water partition coefficient (Wildman–Crippen LogP) is 3.68. The number of fused-ring (bicyclic) bond motifs is 1. The van der Waals surface area contributed by atoms with Crippen LogP contribution in [0.15, 0.2) is 65.7 Å². The number of nitrogens with zero attached hydrogens (tertiary/aromatic N) is 2. The summed E-state index contributed by atoms with van der Waals surface area (Å²) in [4.78, 5) is 17.2. The van der Waals surface area contributed by atoms with Crippen molar-refractivity contribution < 1.29 is 33.6 Å². The Labute approximate surface area is 207 Å². The van der Waals surface area contributed by atoms with Gasteiger partial charge >= 0.3 is 6.09 Å². The number of alkyl halides is 1. The number of carboxylic acid groups (broad SMARTS) is 1. The van der Waals surface area contributed by atoms with Gasteiger partial charge in [0.2, 0.25) is 0 Å². The number of thioether (sulfide) groups is 1. The first kappa shape index (κ1) is 25.6. The Kier molecular flexibility index (Phi) is 8.74. The van der Waals surface area contributed by atoms with E-state index in [1.807, 2.05) is 60.7 Å². The molecule has 0 aliphatic carbocycles. The van der Waals surface area contributed by atoms with Gasteiger partial charge in [-0.15, -0.1) is 0 Å². The molecular weight excluding hydrogens is 475 g/mol. The molecule has 0 radical (unpaired) electrons. The molecule has 2 aromatic rings. The average molecular weight is 505 g/mol. The first-order valence-corrected chi connectivity index (χ1v) is 12.3. The van der Waals surface area contributed by atoms with Gasteiger partial charge < -0.3 is 24.4 Å². The SMILES string of the molecule is CC(O)[C@H]1O[C@@H]2SC(N(CCF)C(=O)O)=N[C@@H]2[C@@H](OCc2ccccc2)[C@@H]1OCc1ccccc1. The van der Waals surface area contributed by atoms with Gasteiger partial charge in [0.1, 0.15) is 36.5 Å². The van der Waals surface area contributed by atoms with Gasteiger partial charge in [0, 0.05) is 0 Å². The van der Waals surface area contributed by atoms with E-state index in [1.165, 1.54) is 0 Å². The molecule has 0 spiro atoms. The average Bonchev–Trinajstić information content (AvgIpc) is 3.29. The van der Waals surface area contributed by atoms with Gasteiger partial charge in [0.05, 0.1) is 25.9 Å². The third-order valence-corrected chi connectivity index (χ3v) is 7.01. The van der Waals surface area contributed by atoms with Crippen LogP contribution in [0.1, 0.15) is 18.1 Å². The summed E-state index contributed by atoms with van der Waals surface area (Å²) in [5, 5.41) is 20.2. The van der Waals surface area contributed by atoms with Crippen molar-refractivity contribution in [1.82, 2.24) is 4.90 Å². The maximum atomic E-state index is 13.0. The highest BCUT2D eigenvalue weighted by Crippen LogP contribution is 2.41. The maximum absolute atomic E-state index is 13.0. The fourth-order valence-corrected chi connectivity index (χ4v) is 5.36.